The zero-order valence-corrected chi connectivity index (χ0v) is 10.2. The van der Waals surface area contributed by atoms with E-state index in [0.717, 1.165) is 12.0 Å². The molecule has 0 heterocycles. The smallest absolute Gasteiger partial charge is 0.319 e. The molecule has 0 amide bonds. The lowest BCUT2D eigenvalue weighted by atomic mass is 9.72. The van der Waals surface area contributed by atoms with E-state index in [1.54, 1.807) is 19.9 Å². The normalized spacial score (nSPS) is 23.1. The third-order valence-corrected chi connectivity index (χ3v) is 3.38. The summed E-state index contributed by atoms with van der Waals surface area (Å²) in [6.07, 6.45) is 1.28. The van der Waals surface area contributed by atoms with Crippen LogP contribution in [0.15, 0.2) is 24.3 Å². The number of Topliss-reactive ketones (excluding diaryl/α,β-unsaturated/α-hetero) is 1. The van der Waals surface area contributed by atoms with Crippen molar-refractivity contribution in [1.82, 2.24) is 0 Å². The molecule has 0 spiro atoms. The molecule has 1 atom stereocenters. The molecule has 90 valence electrons. The molecule has 0 saturated carbocycles. The van der Waals surface area contributed by atoms with E-state index in [9.17, 15) is 9.59 Å². The second-order valence-electron chi connectivity index (χ2n) is 4.54. The Labute approximate surface area is 101 Å². The van der Waals surface area contributed by atoms with Gasteiger partial charge in [-0.2, -0.15) is 0 Å². The van der Waals surface area contributed by atoms with Crippen molar-refractivity contribution in [3.8, 4) is 0 Å². The number of carbonyl (C=O) groups excluding carboxylic acids is 2. The van der Waals surface area contributed by atoms with Crippen molar-refractivity contribution in [3.05, 3.63) is 35.4 Å². The highest BCUT2D eigenvalue weighted by molar-refractivity contribution is 6.13. The number of hydrogen-bond donors (Lipinski definition) is 0. The highest BCUT2D eigenvalue weighted by atomic mass is 16.5. The lowest BCUT2D eigenvalue weighted by Crippen LogP contribution is -2.41. The van der Waals surface area contributed by atoms with Crippen LogP contribution >= 0.6 is 0 Å². The molecular formula is C14H16O3. The molecule has 1 aromatic rings. The molecule has 3 nitrogen and oxygen atoms in total. The molecule has 0 unspecified atom stereocenters. The molecule has 0 aliphatic heterocycles. The van der Waals surface area contributed by atoms with E-state index < -0.39 is 11.4 Å². The number of fused-ring (bicyclic) bond motifs is 1. The third kappa shape index (κ3) is 1.86. The first-order valence-electron chi connectivity index (χ1n) is 5.89. The van der Waals surface area contributed by atoms with Crippen molar-refractivity contribution in [2.75, 3.05) is 6.61 Å². The van der Waals surface area contributed by atoms with Gasteiger partial charge in [0.1, 0.15) is 5.41 Å². The van der Waals surface area contributed by atoms with Crippen molar-refractivity contribution in [2.45, 2.75) is 26.7 Å². The van der Waals surface area contributed by atoms with Crippen molar-refractivity contribution in [3.63, 3.8) is 0 Å². The maximum absolute atomic E-state index is 12.4. The second-order valence-corrected chi connectivity index (χ2v) is 4.54. The van der Waals surface area contributed by atoms with E-state index in [2.05, 4.69) is 0 Å². The molecule has 1 aliphatic carbocycles. The summed E-state index contributed by atoms with van der Waals surface area (Å²) in [5, 5.41) is 0. The maximum atomic E-state index is 12.4. The zero-order valence-electron chi connectivity index (χ0n) is 10.2. The minimum atomic E-state index is -1.01. The van der Waals surface area contributed by atoms with Gasteiger partial charge in [-0.1, -0.05) is 24.3 Å². The molecule has 0 aromatic heterocycles. The average molecular weight is 232 g/mol. The summed E-state index contributed by atoms with van der Waals surface area (Å²) in [4.78, 5) is 24.3. The Morgan fingerprint density at radius 2 is 2.12 bits per heavy atom. The number of benzene rings is 1. The maximum Gasteiger partial charge on any atom is 0.319 e. The predicted octanol–water partition coefficient (Wildman–Crippen LogP) is 2.38. The van der Waals surface area contributed by atoms with E-state index in [1.807, 2.05) is 18.2 Å². The lowest BCUT2D eigenvalue weighted by Gasteiger charge is -2.30. The summed E-state index contributed by atoms with van der Waals surface area (Å²) in [5.41, 5.74) is 0.679. The van der Waals surface area contributed by atoms with Crippen molar-refractivity contribution >= 4 is 11.8 Å². The first kappa shape index (κ1) is 11.8. The Morgan fingerprint density at radius 3 is 2.82 bits per heavy atom. The summed E-state index contributed by atoms with van der Waals surface area (Å²) >= 11 is 0. The standard InChI is InChI=1S/C14H16O3/c1-3-17-13(16)14(2)9-8-10-6-4-5-7-11(10)12(14)15/h4-7H,3,8-9H2,1-2H3/t14-/m0/s1. The fourth-order valence-electron chi connectivity index (χ4n) is 2.24. The number of carbonyl (C=O) groups is 2. The molecule has 1 aromatic carbocycles. The van der Waals surface area contributed by atoms with Gasteiger partial charge in [-0.3, -0.25) is 9.59 Å². The third-order valence-electron chi connectivity index (χ3n) is 3.38. The molecule has 0 N–H and O–H groups in total. The van der Waals surface area contributed by atoms with Crippen LogP contribution in [0.4, 0.5) is 0 Å². The van der Waals surface area contributed by atoms with Crippen molar-refractivity contribution < 1.29 is 14.3 Å². The molecular weight excluding hydrogens is 216 g/mol. The van der Waals surface area contributed by atoms with Gasteiger partial charge in [0, 0.05) is 5.56 Å². The molecule has 1 aliphatic rings. The molecule has 0 bridgehead atoms. The van der Waals surface area contributed by atoms with Gasteiger partial charge in [-0.25, -0.2) is 0 Å². The summed E-state index contributed by atoms with van der Waals surface area (Å²) < 4.78 is 5.01. The highest BCUT2D eigenvalue weighted by Gasteiger charge is 2.45. The monoisotopic (exact) mass is 232 g/mol. The molecule has 2 rings (SSSR count). The zero-order chi connectivity index (χ0) is 12.5. The highest BCUT2D eigenvalue weighted by Crippen LogP contribution is 2.36. The minimum Gasteiger partial charge on any atom is -0.465 e. The van der Waals surface area contributed by atoms with Gasteiger partial charge >= 0.3 is 5.97 Å². The van der Waals surface area contributed by atoms with Crippen LogP contribution in [-0.2, 0) is 16.0 Å². The van der Waals surface area contributed by atoms with Gasteiger partial charge in [0.15, 0.2) is 5.78 Å². The van der Waals surface area contributed by atoms with Gasteiger partial charge in [0.05, 0.1) is 6.61 Å². The Morgan fingerprint density at radius 1 is 1.41 bits per heavy atom. The summed E-state index contributed by atoms with van der Waals surface area (Å²) in [7, 11) is 0. The van der Waals surface area contributed by atoms with Gasteiger partial charge in [0.25, 0.3) is 0 Å². The molecule has 17 heavy (non-hydrogen) atoms. The summed E-state index contributed by atoms with van der Waals surface area (Å²) in [6, 6.07) is 7.47. The quantitative estimate of drug-likeness (QED) is 0.581. The van der Waals surface area contributed by atoms with E-state index >= 15 is 0 Å². The van der Waals surface area contributed by atoms with Crippen molar-refractivity contribution in [2.24, 2.45) is 5.41 Å². The van der Waals surface area contributed by atoms with Crippen LogP contribution < -0.4 is 0 Å². The SMILES string of the molecule is CCOC(=O)[C@@]1(C)CCc2ccccc2C1=O. The van der Waals surface area contributed by atoms with Crippen LogP contribution in [-0.4, -0.2) is 18.4 Å². The number of hydrogen-bond acceptors (Lipinski definition) is 3. The fourth-order valence-corrected chi connectivity index (χ4v) is 2.24. The van der Waals surface area contributed by atoms with Gasteiger partial charge < -0.3 is 4.74 Å². The number of esters is 1. The largest absolute Gasteiger partial charge is 0.465 e. The van der Waals surface area contributed by atoms with Crippen LogP contribution in [0.25, 0.3) is 0 Å². The Bertz CT molecular complexity index is 464. The van der Waals surface area contributed by atoms with Gasteiger partial charge in [0.2, 0.25) is 0 Å². The Hall–Kier alpha value is -1.64. The van der Waals surface area contributed by atoms with E-state index in [-0.39, 0.29) is 5.78 Å². The topological polar surface area (TPSA) is 43.4 Å². The summed E-state index contributed by atoms with van der Waals surface area (Å²) in [6.45, 7) is 3.75. The molecule has 3 heteroatoms. The molecule has 0 fully saturated rings. The van der Waals surface area contributed by atoms with Crippen molar-refractivity contribution in [1.29, 1.82) is 0 Å². The van der Waals surface area contributed by atoms with Crippen LogP contribution in [0.3, 0.4) is 0 Å². The summed E-state index contributed by atoms with van der Waals surface area (Å²) in [5.74, 6) is -0.516. The minimum absolute atomic E-state index is 0.113. The molecule has 0 saturated heterocycles. The van der Waals surface area contributed by atoms with Crippen LogP contribution in [0, 0.1) is 5.41 Å². The van der Waals surface area contributed by atoms with E-state index in [0.29, 0.717) is 18.6 Å². The van der Waals surface area contributed by atoms with Crippen LogP contribution in [0.5, 0.6) is 0 Å². The van der Waals surface area contributed by atoms with Crippen LogP contribution in [0.1, 0.15) is 36.2 Å². The first-order valence-corrected chi connectivity index (χ1v) is 5.89. The fraction of sp³-hybridized carbons (Fsp3) is 0.429. The van der Waals surface area contributed by atoms with Gasteiger partial charge in [-0.05, 0) is 32.3 Å². The number of aryl methyl sites for hydroxylation is 1. The average Bonchev–Trinajstić information content (AvgIpc) is 2.35. The number of ether oxygens (including phenoxy) is 1. The Kier molecular flexibility index (Phi) is 3.01. The number of rotatable bonds is 2. The first-order chi connectivity index (χ1) is 8.09. The number of ketones is 1. The second kappa shape index (κ2) is 4.32. The molecule has 0 radical (unpaired) electrons. The Balaban J connectivity index is 2.37. The lowest BCUT2D eigenvalue weighted by molar-refractivity contribution is -0.151. The van der Waals surface area contributed by atoms with Gasteiger partial charge in [-0.15, -0.1) is 0 Å². The van der Waals surface area contributed by atoms with Crippen LogP contribution in [0.2, 0.25) is 0 Å². The van der Waals surface area contributed by atoms with E-state index in [1.165, 1.54) is 0 Å². The van der Waals surface area contributed by atoms with E-state index in [4.69, 9.17) is 4.74 Å². The predicted molar refractivity (Wildman–Crippen MR) is 63.8 cm³/mol.